The summed E-state index contributed by atoms with van der Waals surface area (Å²) in [4.78, 5) is 28.8. The predicted octanol–water partition coefficient (Wildman–Crippen LogP) is -1.28. The van der Waals surface area contributed by atoms with Gasteiger partial charge in [0.05, 0.1) is 18.0 Å². The van der Waals surface area contributed by atoms with Gasteiger partial charge in [0.15, 0.2) is 0 Å². The Kier molecular flexibility index (Phi) is 7.28. The third-order valence-corrected chi connectivity index (χ3v) is 7.47. The number of fused-ring (bicyclic) bond motifs is 1. The molecule has 0 radical (unpaired) electrons. The van der Waals surface area contributed by atoms with Crippen LogP contribution in [0.5, 0.6) is 0 Å². The Labute approximate surface area is 200 Å². The maximum absolute atomic E-state index is 12.7. The van der Waals surface area contributed by atoms with Crippen LogP contribution in [0.25, 0.3) is 0 Å². The highest BCUT2D eigenvalue weighted by atomic mass is 16.4. The first-order valence-electron chi connectivity index (χ1n) is 12.4. The highest BCUT2D eigenvalue weighted by Crippen LogP contribution is 2.24. The molecular weight excluding hydrogens is 436 g/mol. The van der Waals surface area contributed by atoms with Crippen LogP contribution < -0.4 is 32.1 Å². The molecule has 5 rings (SSSR count). The first-order chi connectivity index (χ1) is 16.6. The van der Waals surface area contributed by atoms with Gasteiger partial charge in [-0.05, 0) is 30.5 Å². The molecule has 7 N–H and O–H groups in total. The van der Waals surface area contributed by atoms with Gasteiger partial charge in [-0.15, -0.1) is 0 Å². The van der Waals surface area contributed by atoms with Crippen LogP contribution in [0, 0.1) is 11.8 Å². The van der Waals surface area contributed by atoms with Crippen LogP contribution in [0.4, 0.5) is 5.69 Å². The van der Waals surface area contributed by atoms with E-state index in [0.29, 0.717) is 32.5 Å². The minimum absolute atomic E-state index is 0.0401. The number of hydrogen-bond donors (Lipinski definition) is 7. The maximum atomic E-state index is 12.7. The van der Waals surface area contributed by atoms with Crippen molar-refractivity contribution in [3.8, 4) is 0 Å². The van der Waals surface area contributed by atoms with Gasteiger partial charge in [-0.2, -0.15) is 0 Å². The summed E-state index contributed by atoms with van der Waals surface area (Å²) in [5, 5.41) is 23.4. The lowest BCUT2D eigenvalue weighted by Gasteiger charge is -2.49. The van der Waals surface area contributed by atoms with Gasteiger partial charge in [0.2, 0.25) is 5.91 Å². The van der Waals surface area contributed by atoms with Crippen molar-refractivity contribution >= 4 is 17.6 Å². The van der Waals surface area contributed by atoms with E-state index in [1.807, 2.05) is 0 Å². The number of likely N-dealkylation sites (tertiary alicyclic amines) is 1. The van der Waals surface area contributed by atoms with Crippen molar-refractivity contribution in [1.82, 2.24) is 36.6 Å². The molecule has 4 fully saturated rings. The molecule has 4 heterocycles. The number of hydrazine groups is 1. The molecule has 1 aromatic rings. The predicted molar refractivity (Wildman–Crippen MR) is 127 cm³/mol. The molecule has 11 nitrogen and oxygen atoms in total. The number of piperazine rings is 1. The molecule has 4 aliphatic heterocycles. The number of hydrogen-bond acceptors (Lipinski definition) is 9. The Balaban J connectivity index is 1.24. The number of piperidine rings is 1. The second-order valence-corrected chi connectivity index (χ2v) is 9.73. The lowest BCUT2D eigenvalue weighted by Crippen LogP contribution is -2.77. The van der Waals surface area contributed by atoms with Crippen molar-refractivity contribution in [3.05, 3.63) is 29.8 Å². The zero-order valence-electron chi connectivity index (χ0n) is 19.4. The Bertz CT molecular complexity index is 854. The van der Waals surface area contributed by atoms with Crippen molar-refractivity contribution in [1.29, 1.82) is 0 Å². The molecule has 186 valence electrons. The molecule has 1 aromatic carbocycles. The molecule has 0 spiro atoms. The van der Waals surface area contributed by atoms with Gasteiger partial charge < -0.3 is 15.7 Å². The van der Waals surface area contributed by atoms with Crippen LogP contribution in [0.15, 0.2) is 24.3 Å². The molecule has 0 aromatic heterocycles. The summed E-state index contributed by atoms with van der Waals surface area (Å²) in [6, 6.07) is 8.44. The van der Waals surface area contributed by atoms with Gasteiger partial charge in [0, 0.05) is 64.1 Å². The third kappa shape index (κ3) is 5.35. The van der Waals surface area contributed by atoms with Crippen LogP contribution in [0.2, 0.25) is 0 Å². The third-order valence-electron chi connectivity index (χ3n) is 7.47. The Morgan fingerprint density at radius 3 is 2.50 bits per heavy atom. The normalized spacial score (nSPS) is 31.5. The van der Waals surface area contributed by atoms with Gasteiger partial charge in [0.1, 0.15) is 6.29 Å². The molecule has 11 heteroatoms. The SMILES string of the molecule is O=C(O)C1CCN(C2NC3CNNC(=O)C3C(Nc3ccc(CN4CCNCC4)cc3)N2)CC1. The second-order valence-electron chi connectivity index (χ2n) is 9.73. The largest absolute Gasteiger partial charge is 0.481 e. The number of carboxylic acid groups (broad SMARTS) is 1. The van der Waals surface area contributed by atoms with E-state index in [9.17, 15) is 14.7 Å². The van der Waals surface area contributed by atoms with Gasteiger partial charge in [-0.3, -0.25) is 35.4 Å². The van der Waals surface area contributed by atoms with Crippen LogP contribution in [0.3, 0.4) is 0 Å². The Morgan fingerprint density at radius 2 is 1.79 bits per heavy atom. The average Bonchev–Trinajstić information content (AvgIpc) is 2.86. The van der Waals surface area contributed by atoms with Crippen molar-refractivity contribution in [2.75, 3.05) is 51.1 Å². The number of carbonyl (C=O) groups excluding carboxylic acids is 1. The van der Waals surface area contributed by atoms with E-state index in [1.54, 1.807) is 0 Å². The van der Waals surface area contributed by atoms with Crippen molar-refractivity contribution in [2.45, 2.75) is 37.9 Å². The summed E-state index contributed by atoms with van der Waals surface area (Å²) in [7, 11) is 0. The molecule has 1 amide bonds. The summed E-state index contributed by atoms with van der Waals surface area (Å²) in [6.07, 6.45) is 0.881. The number of rotatable bonds is 6. The van der Waals surface area contributed by atoms with Crippen LogP contribution in [0.1, 0.15) is 18.4 Å². The van der Waals surface area contributed by atoms with E-state index >= 15 is 0 Å². The zero-order valence-corrected chi connectivity index (χ0v) is 19.4. The minimum atomic E-state index is -0.711. The number of aliphatic carboxylic acids is 1. The van der Waals surface area contributed by atoms with E-state index in [1.165, 1.54) is 5.56 Å². The zero-order chi connectivity index (χ0) is 23.5. The number of amides is 1. The van der Waals surface area contributed by atoms with Crippen LogP contribution in [-0.2, 0) is 16.1 Å². The lowest BCUT2D eigenvalue weighted by molar-refractivity contribution is -0.144. The van der Waals surface area contributed by atoms with Gasteiger partial charge in [-0.1, -0.05) is 12.1 Å². The summed E-state index contributed by atoms with van der Waals surface area (Å²) in [5.41, 5.74) is 8.00. The van der Waals surface area contributed by atoms with Gasteiger partial charge in [-0.25, -0.2) is 5.43 Å². The van der Waals surface area contributed by atoms with Crippen LogP contribution in [-0.4, -0.2) is 91.1 Å². The molecule has 4 atom stereocenters. The fourth-order valence-corrected chi connectivity index (χ4v) is 5.47. The first kappa shape index (κ1) is 23.5. The fourth-order valence-electron chi connectivity index (χ4n) is 5.47. The van der Waals surface area contributed by atoms with E-state index in [4.69, 9.17) is 0 Å². The smallest absolute Gasteiger partial charge is 0.306 e. The molecule has 4 saturated heterocycles. The van der Waals surface area contributed by atoms with E-state index in [2.05, 4.69) is 66.2 Å². The topological polar surface area (TPSA) is 133 Å². The number of anilines is 1. The molecular formula is C23H36N8O3. The first-order valence-corrected chi connectivity index (χ1v) is 12.4. The number of nitrogens with zero attached hydrogens (tertiary/aromatic N) is 2. The Hall–Kier alpha value is -2.28. The average molecular weight is 473 g/mol. The van der Waals surface area contributed by atoms with Crippen molar-refractivity contribution in [3.63, 3.8) is 0 Å². The van der Waals surface area contributed by atoms with Gasteiger partial charge in [0.25, 0.3) is 0 Å². The Morgan fingerprint density at radius 1 is 1.06 bits per heavy atom. The number of carbonyl (C=O) groups is 2. The molecule has 4 aliphatic rings. The standard InChI is InChI=1S/C23H36N8O3/c32-21-19-18(13-25-29-21)27-23(31-9-5-16(6-10-31)22(33)34)28-20(19)26-17-3-1-15(2-4-17)14-30-11-7-24-8-12-30/h1-4,16,18-20,23-28H,5-14H2,(H,29,32)(H,33,34). The monoisotopic (exact) mass is 472 g/mol. The molecule has 0 bridgehead atoms. The quantitative estimate of drug-likeness (QED) is 0.269. The van der Waals surface area contributed by atoms with Crippen LogP contribution >= 0.6 is 0 Å². The van der Waals surface area contributed by atoms with Crippen molar-refractivity contribution in [2.24, 2.45) is 11.8 Å². The van der Waals surface area contributed by atoms with E-state index in [0.717, 1.165) is 38.4 Å². The summed E-state index contributed by atoms with van der Waals surface area (Å²) < 4.78 is 0. The minimum Gasteiger partial charge on any atom is -0.481 e. The number of carboxylic acids is 1. The molecule has 34 heavy (non-hydrogen) atoms. The molecule has 0 aliphatic carbocycles. The lowest BCUT2D eigenvalue weighted by atomic mass is 9.90. The molecule has 0 saturated carbocycles. The summed E-state index contributed by atoms with van der Waals surface area (Å²) in [6.45, 7) is 7.18. The second kappa shape index (κ2) is 10.5. The summed E-state index contributed by atoms with van der Waals surface area (Å²) in [5.74, 6) is -1.32. The number of benzene rings is 1. The highest BCUT2D eigenvalue weighted by molar-refractivity contribution is 5.81. The van der Waals surface area contributed by atoms with E-state index < -0.39 is 5.97 Å². The number of nitrogens with one attached hydrogen (secondary N) is 6. The fraction of sp³-hybridized carbons (Fsp3) is 0.652. The molecule has 4 unspecified atom stereocenters. The van der Waals surface area contributed by atoms with Gasteiger partial charge >= 0.3 is 5.97 Å². The van der Waals surface area contributed by atoms with Crippen molar-refractivity contribution < 1.29 is 14.7 Å². The van der Waals surface area contributed by atoms with E-state index in [-0.39, 0.29) is 36.2 Å². The highest BCUT2D eigenvalue weighted by Gasteiger charge is 2.45. The maximum Gasteiger partial charge on any atom is 0.306 e. The summed E-state index contributed by atoms with van der Waals surface area (Å²) >= 11 is 0.